The Labute approximate surface area is 94.1 Å². The summed E-state index contributed by atoms with van der Waals surface area (Å²) in [6.45, 7) is 2.36. The Balaban J connectivity index is 2.48. The Morgan fingerprint density at radius 3 is 2.94 bits per heavy atom. The van der Waals surface area contributed by atoms with Crippen LogP contribution in [-0.2, 0) is 6.54 Å². The predicted molar refractivity (Wildman–Crippen MR) is 61.1 cm³/mol. The summed E-state index contributed by atoms with van der Waals surface area (Å²) < 4.78 is 10.6. The third-order valence-electron chi connectivity index (χ3n) is 2.50. The Bertz CT molecular complexity index is 492. The van der Waals surface area contributed by atoms with Crippen LogP contribution in [0.25, 0.3) is 11.3 Å². The highest BCUT2D eigenvalue weighted by Gasteiger charge is 2.10. The highest BCUT2D eigenvalue weighted by atomic mass is 16.5. The van der Waals surface area contributed by atoms with Crippen molar-refractivity contribution in [3.63, 3.8) is 0 Å². The standard InChI is InChI=1S/C12H14N2O2/c1-8-3-4-9(5-11(8)15-2)12-10(6-13)14-7-16-12/h3-5,7H,6,13H2,1-2H3. The minimum absolute atomic E-state index is 0.363. The molecule has 1 aromatic heterocycles. The van der Waals surface area contributed by atoms with E-state index in [2.05, 4.69) is 4.98 Å². The third kappa shape index (κ3) is 1.79. The molecule has 0 aliphatic heterocycles. The molecule has 0 aliphatic rings. The topological polar surface area (TPSA) is 61.3 Å². The quantitative estimate of drug-likeness (QED) is 0.857. The van der Waals surface area contributed by atoms with Crippen molar-refractivity contribution >= 4 is 0 Å². The number of rotatable bonds is 3. The second-order valence-corrected chi connectivity index (χ2v) is 3.52. The number of ether oxygens (including phenoxy) is 1. The maximum Gasteiger partial charge on any atom is 0.181 e. The Hall–Kier alpha value is -1.81. The molecular weight excluding hydrogens is 204 g/mol. The van der Waals surface area contributed by atoms with E-state index < -0.39 is 0 Å². The van der Waals surface area contributed by atoms with Crippen LogP contribution in [0.3, 0.4) is 0 Å². The van der Waals surface area contributed by atoms with Crippen molar-refractivity contribution in [2.75, 3.05) is 7.11 Å². The highest BCUT2D eigenvalue weighted by Crippen LogP contribution is 2.28. The fourth-order valence-corrected chi connectivity index (χ4v) is 1.61. The van der Waals surface area contributed by atoms with Crippen molar-refractivity contribution in [3.05, 3.63) is 35.9 Å². The Morgan fingerprint density at radius 1 is 1.44 bits per heavy atom. The SMILES string of the molecule is COc1cc(-c2ocnc2CN)ccc1C. The first kappa shape index (κ1) is 10.7. The van der Waals surface area contributed by atoms with E-state index >= 15 is 0 Å². The summed E-state index contributed by atoms with van der Waals surface area (Å²) >= 11 is 0. The molecule has 0 atom stereocenters. The highest BCUT2D eigenvalue weighted by molar-refractivity contribution is 5.62. The van der Waals surface area contributed by atoms with Crippen LogP contribution in [0.2, 0.25) is 0 Å². The van der Waals surface area contributed by atoms with Gasteiger partial charge in [-0.05, 0) is 18.6 Å². The maximum absolute atomic E-state index is 5.58. The molecule has 0 radical (unpaired) electrons. The van der Waals surface area contributed by atoms with Crippen molar-refractivity contribution < 1.29 is 9.15 Å². The Morgan fingerprint density at radius 2 is 2.25 bits per heavy atom. The average Bonchev–Trinajstić information content (AvgIpc) is 2.78. The Kier molecular flexibility index (Phi) is 2.92. The number of hydrogen-bond acceptors (Lipinski definition) is 4. The van der Waals surface area contributed by atoms with Crippen LogP contribution in [0.1, 0.15) is 11.3 Å². The number of methoxy groups -OCH3 is 1. The number of nitrogens with two attached hydrogens (primary N) is 1. The summed E-state index contributed by atoms with van der Waals surface area (Å²) in [5.41, 5.74) is 8.35. The molecule has 84 valence electrons. The number of hydrogen-bond donors (Lipinski definition) is 1. The molecule has 0 amide bonds. The van der Waals surface area contributed by atoms with Gasteiger partial charge in [0.2, 0.25) is 0 Å². The van der Waals surface area contributed by atoms with Gasteiger partial charge in [0.1, 0.15) is 11.4 Å². The van der Waals surface area contributed by atoms with Crippen LogP contribution in [0.4, 0.5) is 0 Å². The zero-order valence-corrected chi connectivity index (χ0v) is 9.36. The van der Waals surface area contributed by atoms with Gasteiger partial charge in [-0.1, -0.05) is 12.1 Å². The minimum Gasteiger partial charge on any atom is -0.496 e. The molecule has 2 rings (SSSR count). The molecule has 4 heteroatoms. The summed E-state index contributed by atoms with van der Waals surface area (Å²) in [5.74, 6) is 1.54. The first-order valence-electron chi connectivity index (χ1n) is 5.03. The fraction of sp³-hybridized carbons (Fsp3) is 0.250. The van der Waals surface area contributed by atoms with Crippen molar-refractivity contribution in [1.82, 2.24) is 4.98 Å². The van der Waals surface area contributed by atoms with Crippen LogP contribution in [0, 0.1) is 6.92 Å². The first-order valence-corrected chi connectivity index (χ1v) is 5.03. The van der Waals surface area contributed by atoms with Crippen LogP contribution >= 0.6 is 0 Å². The lowest BCUT2D eigenvalue weighted by molar-refractivity contribution is 0.411. The summed E-state index contributed by atoms with van der Waals surface area (Å²) in [7, 11) is 1.65. The molecule has 16 heavy (non-hydrogen) atoms. The number of oxazole rings is 1. The van der Waals surface area contributed by atoms with E-state index in [1.54, 1.807) is 7.11 Å². The third-order valence-corrected chi connectivity index (χ3v) is 2.50. The van der Waals surface area contributed by atoms with Gasteiger partial charge in [-0.3, -0.25) is 0 Å². The van der Waals surface area contributed by atoms with Crippen molar-refractivity contribution in [2.24, 2.45) is 5.73 Å². The van der Waals surface area contributed by atoms with Gasteiger partial charge in [0, 0.05) is 12.1 Å². The van der Waals surface area contributed by atoms with Gasteiger partial charge in [0.25, 0.3) is 0 Å². The van der Waals surface area contributed by atoms with Crippen molar-refractivity contribution in [1.29, 1.82) is 0 Å². The lowest BCUT2D eigenvalue weighted by Gasteiger charge is -2.06. The van der Waals surface area contributed by atoms with Crippen LogP contribution < -0.4 is 10.5 Å². The van der Waals surface area contributed by atoms with E-state index in [-0.39, 0.29) is 0 Å². The minimum atomic E-state index is 0.363. The molecule has 0 bridgehead atoms. The normalized spacial score (nSPS) is 10.4. The summed E-state index contributed by atoms with van der Waals surface area (Å²) in [4.78, 5) is 4.06. The van der Waals surface area contributed by atoms with E-state index in [0.717, 1.165) is 22.6 Å². The summed E-state index contributed by atoms with van der Waals surface area (Å²) in [6.07, 6.45) is 1.41. The van der Waals surface area contributed by atoms with E-state index in [1.165, 1.54) is 6.39 Å². The molecule has 0 saturated heterocycles. The van der Waals surface area contributed by atoms with Crippen LogP contribution in [-0.4, -0.2) is 12.1 Å². The van der Waals surface area contributed by atoms with Gasteiger partial charge < -0.3 is 14.9 Å². The number of aromatic nitrogens is 1. The van der Waals surface area contributed by atoms with Gasteiger partial charge in [0.15, 0.2) is 12.2 Å². The zero-order valence-electron chi connectivity index (χ0n) is 9.36. The predicted octanol–water partition coefficient (Wildman–Crippen LogP) is 2.12. The smallest absolute Gasteiger partial charge is 0.181 e. The summed E-state index contributed by atoms with van der Waals surface area (Å²) in [6, 6.07) is 5.88. The van der Waals surface area contributed by atoms with Crippen molar-refractivity contribution in [2.45, 2.75) is 13.5 Å². The molecule has 0 fully saturated rings. The van der Waals surface area contributed by atoms with Gasteiger partial charge in [-0.25, -0.2) is 4.98 Å². The molecule has 0 unspecified atom stereocenters. The number of aryl methyl sites for hydroxylation is 1. The monoisotopic (exact) mass is 218 g/mol. The fourth-order valence-electron chi connectivity index (χ4n) is 1.61. The molecule has 0 spiro atoms. The van der Waals surface area contributed by atoms with Gasteiger partial charge in [-0.15, -0.1) is 0 Å². The lowest BCUT2D eigenvalue weighted by Crippen LogP contribution is -1.98. The van der Waals surface area contributed by atoms with E-state index in [4.69, 9.17) is 14.9 Å². The number of nitrogens with zero attached hydrogens (tertiary/aromatic N) is 1. The second kappa shape index (κ2) is 4.37. The number of benzene rings is 1. The molecule has 1 heterocycles. The summed E-state index contributed by atoms with van der Waals surface area (Å²) in [5, 5.41) is 0. The molecule has 0 aliphatic carbocycles. The van der Waals surface area contributed by atoms with Crippen molar-refractivity contribution in [3.8, 4) is 17.1 Å². The molecule has 2 aromatic rings. The zero-order chi connectivity index (χ0) is 11.5. The van der Waals surface area contributed by atoms with E-state index in [9.17, 15) is 0 Å². The van der Waals surface area contributed by atoms with Crippen LogP contribution in [0.5, 0.6) is 5.75 Å². The molecule has 0 saturated carbocycles. The largest absolute Gasteiger partial charge is 0.496 e. The lowest BCUT2D eigenvalue weighted by atomic mass is 10.1. The molecule has 1 aromatic carbocycles. The second-order valence-electron chi connectivity index (χ2n) is 3.52. The molecular formula is C12H14N2O2. The van der Waals surface area contributed by atoms with Gasteiger partial charge >= 0.3 is 0 Å². The molecule has 2 N–H and O–H groups in total. The van der Waals surface area contributed by atoms with Crippen LogP contribution in [0.15, 0.2) is 29.0 Å². The van der Waals surface area contributed by atoms with E-state index in [1.807, 2.05) is 25.1 Å². The average molecular weight is 218 g/mol. The van der Waals surface area contributed by atoms with E-state index in [0.29, 0.717) is 12.3 Å². The maximum atomic E-state index is 5.58. The first-order chi connectivity index (χ1) is 7.76. The van der Waals surface area contributed by atoms with Gasteiger partial charge in [0.05, 0.1) is 7.11 Å². The van der Waals surface area contributed by atoms with Gasteiger partial charge in [-0.2, -0.15) is 0 Å². The molecule has 4 nitrogen and oxygen atoms in total.